The molecule has 10 nitrogen and oxygen atoms in total. The lowest BCUT2D eigenvalue weighted by Gasteiger charge is -2.37. The predicted octanol–water partition coefficient (Wildman–Crippen LogP) is 4.48. The molecule has 1 fully saturated rings. The van der Waals surface area contributed by atoms with Crippen LogP contribution >= 0.6 is 0 Å². The van der Waals surface area contributed by atoms with Gasteiger partial charge in [0.05, 0.1) is 37.8 Å². The van der Waals surface area contributed by atoms with Gasteiger partial charge in [-0.3, -0.25) is 4.79 Å². The third-order valence-electron chi connectivity index (χ3n) is 8.00. The molecule has 0 unspecified atom stereocenters. The van der Waals surface area contributed by atoms with E-state index in [0.29, 0.717) is 54.4 Å². The van der Waals surface area contributed by atoms with Gasteiger partial charge in [-0.05, 0) is 91.1 Å². The molecule has 0 aromatic heterocycles. The molecule has 228 valence electrons. The number of sulfonamides is 1. The lowest BCUT2D eigenvalue weighted by molar-refractivity contribution is 0.0582. The van der Waals surface area contributed by atoms with Gasteiger partial charge >= 0.3 is 5.97 Å². The second kappa shape index (κ2) is 13.0. The number of carbonyl (C=O) groups excluding carboxylic acids is 2. The summed E-state index contributed by atoms with van der Waals surface area (Å²) in [5.74, 6) is 0.983. The summed E-state index contributed by atoms with van der Waals surface area (Å²) in [6.07, 6.45) is 3.32. The molecule has 0 N–H and O–H groups in total. The van der Waals surface area contributed by atoms with Gasteiger partial charge in [0.2, 0.25) is 10.0 Å². The van der Waals surface area contributed by atoms with Crippen LogP contribution in [0, 0.1) is 0 Å². The van der Waals surface area contributed by atoms with Crippen molar-refractivity contribution in [2.45, 2.75) is 36.6 Å². The molecule has 0 bridgehead atoms. The second-order valence-corrected chi connectivity index (χ2v) is 12.4. The second-order valence-electron chi connectivity index (χ2n) is 10.5. The van der Waals surface area contributed by atoms with Crippen molar-refractivity contribution in [3.8, 4) is 17.2 Å². The summed E-state index contributed by atoms with van der Waals surface area (Å²) in [4.78, 5) is 27.7. The highest BCUT2D eigenvalue weighted by molar-refractivity contribution is 7.89. The fraction of sp³-hybridized carbons (Fsp3) is 0.375. The zero-order chi connectivity index (χ0) is 30.6. The first-order valence-corrected chi connectivity index (χ1v) is 15.7. The molecule has 1 atom stereocenters. The first-order valence-electron chi connectivity index (χ1n) is 14.2. The third-order valence-corrected chi connectivity index (χ3v) is 9.91. The van der Waals surface area contributed by atoms with Gasteiger partial charge < -0.3 is 23.8 Å². The zero-order valence-corrected chi connectivity index (χ0v) is 25.4. The van der Waals surface area contributed by atoms with Crippen molar-refractivity contribution in [3.63, 3.8) is 0 Å². The number of carbonyl (C=O) groups is 2. The molecule has 43 heavy (non-hydrogen) atoms. The Labute approximate surface area is 252 Å². The lowest BCUT2D eigenvalue weighted by Crippen LogP contribution is -2.42. The van der Waals surface area contributed by atoms with E-state index in [9.17, 15) is 18.0 Å². The summed E-state index contributed by atoms with van der Waals surface area (Å²) >= 11 is 0. The Morgan fingerprint density at radius 2 is 1.44 bits per heavy atom. The molecule has 1 saturated heterocycles. The van der Waals surface area contributed by atoms with E-state index in [0.717, 1.165) is 30.4 Å². The smallest absolute Gasteiger partial charge is 0.337 e. The number of benzene rings is 3. The van der Waals surface area contributed by atoms with E-state index in [1.165, 1.54) is 23.5 Å². The molecule has 1 amide bonds. The summed E-state index contributed by atoms with van der Waals surface area (Å²) in [6.45, 7) is 1.58. The molecule has 5 rings (SSSR count). The minimum atomic E-state index is -3.61. The van der Waals surface area contributed by atoms with E-state index in [4.69, 9.17) is 18.9 Å². The maximum atomic E-state index is 13.9. The summed E-state index contributed by atoms with van der Waals surface area (Å²) in [5, 5.41) is 0. The first-order chi connectivity index (χ1) is 20.8. The van der Waals surface area contributed by atoms with Crippen LogP contribution in [0.5, 0.6) is 17.2 Å². The van der Waals surface area contributed by atoms with Gasteiger partial charge in [0.15, 0.2) is 11.5 Å². The van der Waals surface area contributed by atoms with E-state index >= 15 is 0 Å². The van der Waals surface area contributed by atoms with E-state index in [1.807, 2.05) is 12.1 Å². The van der Waals surface area contributed by atoms with Gasteiger partial charge in [0, 0.05) is 25.2 Å². The molecule has 11 heteroatoms. The highest BCUT2D eigenvalue weighted by Gasteiger charge is 2.34. The van der Waals surface area contributed by atoms with Crippen molar-refractivity contribution >= 4 is 21.9 Å². The van der Waals surface area contributed by atoms with Crippen LogP contribution in [0.1, 0.15) is 57.1 Å². The Kier molecular flexibility index (Phi) is 9.22. The highest BCUT2D eigenvalue weighted by Crippen LogP contribution is 2.39. The molecule has 0 spiro atoms. The minimum absolute atomic E-state index is 0.132. The van der Waals surface area contributed by atoms with Crippen molar-refractivity contribution in [3.05, 3.63) is 82.9 Å². The standard InChI is InChI=1S/C32H36N2O8S/c1-39-29-19-24-15-18-34(31(35)22-9-13-26(14-10-22)43(37,38)33-16-5-4-6-17-33)28(27(24)20-30(29)40-2)21-42-25-11-7-23(8-12-25)32(36)41-3/h7-14,19-20,28H,4-6,15-18,21H2,1-3H3/t28-/m1/s1. The molecule has 2 aliphatic heterocycles. The van der Waals surface area contributed by atoms with E-state index in [1.54, 1.807) is 55.5 Å². The average Bonchev–Trinajstić information content (AvgIpc) is 3.06. The highest BCUT2D eigenvalue weighted by atomic mass is 32.2. The molecule has 3 aromatic rings. The summed E-state index contributed by atoms with van der Waals surface area (Å²) in [5.41, 5.74) is 2.67. The molecule has 0 aliphatic carbocycles. The number of hydrogen-bond acceptors (Lipinski definition) is 8. The van der Waals surface area contributed by atoms with Crippen LogP contribution in [0.3, 0.4) is 0 Å². The Hall–Kier alpha value is -4.09. The van der Waals surface area contributed by atoms with Gasteiger partial charge in [-0.2, -0.15) is 4.31 Å². The predicted molar refractivity (Wildman–Crippen MR) is 159 cm³/mol. The fourth-order valence-corrected chi connectivity index (χ4v) is 7.14. The summed E-state index contributed by atoms with van der Waals surface area (Å²) in [7, 11) is 0.852. The number of piperidine rings is 1. The quantitative estimate of drug-likeness (QED) is 0.327. The van der Waals surface area contributed by atoms with Crippen LogP contribution in [-0.4, -0.2) is 77.1 Å². The normalized spacial score (nSPS) is 17.1. The average molecular weight is 609 g/mol. The monoisotopic (exact) mass is 608 g/mol. The van der Waals surface area contributed by atoms with E-state index < -0.39 is 22.0 Å². The van der Waals surface area contributed by atoms with E-state index in [-0.39, 0.29) is 17.4 Å². The van der Waals surface area contributed by atoms with Gasteiger partial charge in [-0.1, -0.05) is 6.42 Å². The van der Waals surface area contributed by atoms with Crippen molar-refractivity contribution in [2.75, 3.05) is 47.6 Å². The minimum Gasteiger partial charge on any atom is -0.493 e. The number of ether oxygens (including phenoxy) is 4. The molecule has 0 radical (unpaired) electrons. The van der Waals surface area contributed by atoms with Gasteiger partial charge in [-0.25, -0.2) is 13.2 Å². The largest absolute Gasteiger partial charge is 0.493 e. The van der Waals surface area contributed by atoms with Crippen LogP contribution in [0.2, 0.25) is 0 Å². The van der Waals surface area contributed by atoms with Gasteiger partial charge in [0.25, 0.3) is 5.91 Å². The number of methoxy groups -OCH3 is 3. The van der Waals surface area contributed by atoms with Crippen molar-refractivity contribution in [2.24, 2.45) is 0 Å². The van der Waals surface area contributed by atoms with Crippen LogP contribution in [0.15, 0.2) is 65.6 Å². The number of hydrogen-bond donors (Lipinski definition) is 0. The number of amides is 1. The number of esters is 1. The third kappa shape index (κ3) is 6.33. The van der Waals surface area contributed by atoms with Crippen LogP contribution < -0.4 is 14.2 Å². The van der Waals surface area contributed by atoms with E-state index in [2.05, 4.69) is 0 Å². The molecule has 3 aromatic carbocycles. The van der Waals surface area contributed by atoms with Crippen molar-refractivity contribution < 1.29 is 37.0 Å². The topological polar surface area (TPSA) is 112 Å². The van der Waals surface area contributed by atoms with Gasteiger partial charge in [-0.15, -0.1) is 0 Å². The van der Waals surface area contributed by atoms with Crippen LogP contribution in [0.4, 0.5) is 0 Å². The summed E-state index contributed by atoms with van der Waals surface area (Å²) < 4.78 is 49.8. The number of nitrogens with zero attached hydrogens (tertiary/aromatic N) is 2. The van der Waals surface area contributed by atoms with Crippen LogP contribution in [0.25, 0.3) is 0 Å². The SMILES string of the molecule is COC(=O)c1ccc(OC[C@@H]2c3cc(OC)c(OC)cc3CCN2C(=O)c2ccc(S(=O)(=O)N3CCCCC3)cc2)cc1. The van der Waals surface area contributed by atoms with Crippen LogP contribution in [-0.2, 0) is 21.2 Å². The molecular weight excluding hydrogens is 572 g/mol. The Balaban J connectivity index is 1.42. The molecule has 2 aliphatic rings. The first kappa shape index (κ1) is 30.4. The van der Waals surface area contributed by atoms with Crippen molar-refractivity contribution in [1.29, 1.82) is 0 Å². The zero-order valence-electron chi connectivity index (χ0n) is 24.6. The number of rotatable bonds is 9. The molecule has 2 heterocycles. The van der Waals surface area contributed by atoms with Gasteiger partial charge in [0.1, 0.15) is 12.4 Å². The summed E-state index contributed by atoms with van der Waals surface area (Å²) in [6, 6.07) is 16.1. The Bertz CT molecular complexity index is 1570. The maximum absolute atomic E-state index is 13.9. The molecular formula is C32H36N2O8S. The fourth-order valence-electron chi connectivity index (χ4n) is 5.62. The Morgan fingerprint density at radius 1 is 0.814 bits per heavy atom. The molecule has 0 saturated carbocycles. The van der Waals surface area contributed by atoms with Crippen molar-refractivity contribution in [1.82, 2.24) is 9.21 Å². The Morgan fingerprint density at radius 3 is 2.07 bits per heavy atom. The lowest BCUT2D eigenvalue weighted by atomic mass is 9.91. The number of fused-ring (bicyclic) bond motifs is 1. The maximum Gasteiger partial charge on any atom is 0.337 e.